The Kier molecular flexibility index (Phi) is 6.89. The van der Waals surface area contributed by atoms with Gasteiger partial charge in [-0.2, -0.15) is 0 Å². The molecule has 1 aromatic carbocycles. The molecular weight excluding hydrogens is 396 g/mol. The van der Waals surface area contributed by atoms with E-state index in [0.29, 0.717) is 38.2 Å². The van der Waals surface area contributed by atoms with E-state index in [-0.39, 0.29) is 22.9 Å². The third kappa shape index (κ3) is 5.20. The van der Waals surface area contributed by atoms with Crippen molar-refractivity contribution in [2.45, 2.75) is 26.7 Å². The first kappa shape index (κ1) is 22.3. The van der Waals surface area contributed by atoms with Crippen molar-refractivity contribution in [3.63, 3.8) is 0 Å². The Bertz CT molecular complexity index is 1050. The standard InChI is InChI=1S/C23H28N4O4/c1-15-6-4-8-19(16(15)2)25-21(29)20(28)24-14-17-9-12-27(13-10-17)23(31)18-7-5-11-26(3)22(18)30/h4-8,11,17H,9-10,12-14H2,1-3H3,(H,24,28)(H,25,29). The summed E-state index contributed by atoms with van der Waals surface area (Å²) in [5.74, 6) is -1.47. The van der Waals surface area contributed by atoms with Crippen LogP contribution in [0.1, 0.15) is 34.3 Å². The van der Waals surface area contributed by atoms with Crippen molar-refractivity contribution < 1.29 is 14.4 Å². The molecule has 1 aliphatic heterocycles. The highest BCUT2D eigenvalue weighted by atomic mass is 16.2. The quantitative estimate of drug-likeness (QED) is 0.728. The predicted octanol–water partition coefficient (Wildman–Crippen LogP) is 1.61. The summed E-state index contributed by atoms with van der Waals surface area (Å²) in [6.07, 6.45) is 3.00. The van der Waals surface area contributed by atoms with Crippen LogP contribution in [-0.4, -0.2) is 46.8 Å². The molecule has 8 nitrogen and oxygen atoms in total. The number of pyridine rings is 1. The van der Waals surface area contributed by atoms with E-state index in [1.54, 1.807) is 36.3 Å². The van der Waals surface area contributed by atoms with Gasteiger partial charge in [-0.1, -0.05) is 12.1 Å². The summed E-state index contributed by atoms with van der Waals surface area (Å²) in [6, 6.07) is 8.76. The molecule has 3 rings (SSSR count). The van der Waals surface area contributed by atoms with Gasteiger partial charge in [-0.3, -0.25) is 19.2 Å². The Morgan fingerprint density at radius 1 is 1.03 bits per heavy atom. The van der Waals surface area contributed by atoms with Gasteiger partial charge in [-0.15, -0.1) is 0 Å². The van der Waals surface area contributed by atoms with Gasteiger partial charge < -0.3 is 20.1 Å². The number of anilines is 1. The van der Waals surface area contributed by atoms with Gasteiger partial charge in [0.05, 0.1) is 0 Å². The van der Waals surface area contributed by atoms with Crippen LogP contribution in [0.5, 0.6) is 0 Å². The summed E-state index contributed by atoms with van der Waals surface area (Å²) in [5.41, 5.74) is 2.44. The Balaban J connectivity index is 1.47. The van der Waals surface area contributed by atoms with Crippen LogP contribution in [0.15, 0.2) is 41.3 Å². The summed E-state index contributed by atoms with van der Waals surface area (Å²) < 4.78 is 1.39. The number of likely N-dealkylation sites (tertiary alicyclic amines) is 1. The molecule has 1 saturated heterocycles. The van der Waals surface area contributed by atoms with Gasteiger partial charge in [-0.05, 0) is 61.9 Å². The minimum Gasteiger partial charge on any atom is -0.348 e. The SMILES string of the molecule is Cc1cccc(NC(=O)C(=O)NCC2CCN(C(=O)c3cccn(C)c3=O)CC2)c1C. The minimum absolute atomic E-state index is 0.167. The van der Waals surface area contributed by atoms with E-state index in [1.165, 1.54) is 4.57 Å². The van der Waals surface area contributed by atoms with E-state index in [0.717, 1.165) is 11.1 Å². The third-order valence-corrected chi connectivity index (χ3v) is 5.87. The Hall–Kier alpha value is -3.42. The van der Waals surface area contributed by atoms with Crippen LogP contribution in [-0.2, 0) is 16.6 Å². The topological polar surface area (TPSA) is 101 Å². The van der Waals surface area contributed by atoms with Gasteiger partial charge in [0, 0.05) is 38.6 Å². The van der Waals surface area contributed by atoms with Crippen LogP contribution in [0.4, 0.5) is 5.69 Å². The number of amides is 3. The average molecular weight is 425 g/mol. The summed E-state index contributed by atoms with van der Waals surface area (Å²) in [5, 5.41) is 5.34. The highest BCUT2D eigenvalue weighted by Crippen LogP contribution is 2.19. The first-order chi connectivity index (χ1) is 14.8. The fraction of sp³-hybridized carbons (Fsp3) is 0.391. The molecule has 0 radical (unpaired) electrons. The zero-order valence-electron chi connectivity index (χ0n) is 18.1. The summed E-state index contributed by atoms with van der Waals surface area (Å²) >= 11 is 0. The van der Waals surface area contributed by atoms with E-state index < -0.39 is 11.8 Å². The number of piperidine rings is 1. The smallest absolute Gasteiger partial charge is 0.313 e. The van der Waals surface area contributed by atoms with Crippen LogP contribution in [0.2, 0.25) is 0 Å². The number of nitrogens with zero attached hydrogens (tertiary/aromatic N) is 2. The number of hydrogen-bond acceptors (Lipinski definition) is 4. The molecular formula is C23H28N4O4. The first-order valence-corrected chi connectivity index (χ1v) is 10.4. The molecule has 0 spiro atoms. The zero-order valence-corrected chi connectivity index (χ0v) is 18.1. The molecule has 31 heavy (non-hydrogen) atoms. The van der Waals surface area contributed by atoms with E-state index >= 15 is 0 Å². The molecule has 2 N–H and O–H groups in total. The fourth-order valence-corrected chi connectivity index (χ4v) is 3.65. The molecule has 1 aliphatic rings. The van der Waals surface area contributed by atoms with Crippen molar-refractivity contribution in [3.05, 3.63) is 63.6 Å². The lowest BCUT2D eigenvalue weighted by molar-refractivity contribution is -0.136. The Labute approximate surface area is 181 Å². The van der Waals surface area contributed by atoms with E-state index in [2.05, 4.69) is 10.6 Å². The maximum atomic E-state index is 12.6. The molecule has 1 aromatic heterocycles. The Morgan fingerprint density at radius 3 is 2.45 bits per heavy atom. The second-order valence-electron chi connectivity index (χ2n) is 7.99. The summed E-state index contributed by atoms with van der Waals surface area (Å²) in [6.45, 7) is 5.22. The molecule has 3 amide bonds. The van der Waals surface area contributed by atoms with Crippen LogP contribution < -0.4 is 16.2 Å². The van der Waals surface area contributed by atoms with E-state index in [1.807, 2.05) is 26.0 Å². The first-order valence-electron chi connectivity index (χ1n) is 10.4. The number of rotatable bonds is 4. The normalized spacial score (nSPS) is 14.2. The van der Waals surface area contributed by atoms with Crippen molar-refractivity contribution in [2.75, 3.05) is 25.0 Å². The summed E-state index contributed by atoms with van der Waals surface area (Å²) in [4.78, 5) is 50.9. The van der Waals surface area contributed by atoms with Gasteiger partial charge in [0.15, 0.2) is 0 Å². The highest BCUT2D eigenvalue weighted by molar-refractivity contribution is 6.39. The lowest BCUT2D eigenvalue weighted by Crippen LogP contribution is -2.44. The lowest BCUT2D eigenvalue weighted by atomic mass is 9.96. The minimum atomic E-state index is -0.693. The maximum Gasteiger partial charge on any atom is 0.313 e. The molecule has 8 heteroatoms. The number of benzene rings is 1. The highest BCUT2D eigenvalue weighted by Gasteiger charge is 2.26. The Morgan fingerprint density at radius 2 is 1.74 bits per heavy atom. The number of nitrogens with one attached hydrogen (secondary N) is 2. The van der Waals surface area contributed by atoms with E-state index in [9.17, 15) is 19.2 Å². The molecule has 0 unspecified atom stereocenters. The van der Waals surface area contributed by atoms with Gasteiger partial charge in [-0.25, -0.2) is 0 Å². The van der Waals surface area contributed by atoms with Crippen molar-refractivity contribution >= 4 is 23.4 Å². The molecule has 2 aromatic rings. The number of aryl methyl sites for hydroxylation is 2. The van der Waals surface area contributed by atoms with Crippen LogP contribution >= 0.6 is 0 Å². The molecule has 1 fully saturated rings. The molecule has 164 valence electrons. The maximum absolute atomic E-state index is 12.6. The van der Waals surface area contributed by atoms with Crippen molar-refractivity contribution in [1.82, 2.24) is 14.8 Å². The van der Waals surface area contributed by atoms with Crippen molar-refractivity contribution in [3.8, 4) is 0 Å². The third-order valence-electron chi connectivity index (χ3n) is 5.87. The van der Waals surface area contributed by atoms with Crippen LogP contribution in [0.3, 0.4) is 0 Å². The fourth-order valence-electron chi connectivity index (χ4n) is 3.65. The molecule has 0 saturated carbocycles. The molecule has 0 aliphatic carbocycles. The largest absolute Gasteiger partial charge is 0.348 e. The lowest BCUT2D eigenvalue weighted by Gasteiger charge is -2.32. The van der Waals surface area contributed by atoms with Crippen molar-refractivity contribution in [2.24, 2.45) is 13.0 Å². The van der Waals surface area contributed by atoms with Crippen LogP contribution in [0, 0.1) is 19.8 Å². The molecule has 0 bridgehead atoms. The molecule has 2 heterocycles. The van der Waals surface area contributed by atoms with Gasteiger partial charge >= 0.3 is 11.8 Å². The van der Waals surface area contributed by atoms with Gasteiger partial charge in [0.2, 0.25) is 0 Å². The summed E-state index contributed by atoms with van der Waals surface area (Å²) in [7, 11) is 1.62. The number of aromatic nitrogens is 1. The molecule has 0 atom stereocenters. The zero-order chi connectivity index (χ0) is 22.5. The van der Waals surface area contributed by atoms with Gasteiger partial charge in [0.1, 0.15) is 5.56 Å². The predicted molar refractivity (Wildman–Crippen MR) is 118 cm³/mol. The van der Waals surface area contributed by atoms with Gasteiger partial charge in [0.25, 0.3) is 11.5 Å². The monoisotopic (exact) mass is 424 g/mol. The number of carbonyl (C=O) groups excluding carboxylic acids is 3. The average Bonchev–Trinajstić information content (AvgIpc) is 2.77. The van der Waals surface area contributed by atoms with Crippen LogP contribution in [0.25, 0.3) is 0 Å². The number of carbonyl (C=O) groups is 3. The second kappa shape index (κ2) is 9.59. The number of hydrogen-bond donors (Lipinski definition) is 2. The second-order valence-corrected chi connectivity index (χ2v) is 7.99. The van der Waals surface area contributed by atoms with Crippen molar-refractivity contribution in [1.29, 1.82) is 0 Å². The van der Waals surface area contributed by atoms with E-state index in [4.69, 9.17) is 0 Å².